The van der Waals surface area contributed by atoms with Gasteiger partial charge in [0.05, 0.1) is 6.16 Å². The maximum absolute atomic E-state index is 14.1. The summed E-state index contributed by atoms with van der Waals surface area (Å²) in [6, 6.07) is 12.5. The number of rotatable bonds is 4. The number of benzene rings is 2. The van der Waals surface area contributed by atoms with Crippen LogP contribution in [-0.4, -0.2) is 11.1 Å². The number of aromatic nitrogens is 1. The van der Waals surface area contributed by atoms with E-state index in [1.165, 1.54) is 0 Å². The molecule has 0 saturated heterocycles. The second-order valence-electron chi connectivity index (χ2n) is 9.07. The predicted molar refractivity (Wildman–Crippen MR) is 135 cm³/mol. The van der Waals surface area contributed by atoms with E-state index in [0.29, 0.717) is 30.8 Å². The van der Waals surface area contributed by atoms with E-state index < -0.39 is 7.60 Å². The molecule has 0 atom stereocenters. The number of hydrogen-bond acceptors (Lipinski definition) is 5. The van der Waals surface area contributed by atoms with Gasteiger partial charge in [0.2, 0.25) is 0 Å². The topological polar surface area (TPSA) is 51.7 Å². The monoisotopic (exact) mass is 464 g/mol. The van der Waals surface area contributed by atoms with Crippen molar-refractivity contribution in [1.29, 1.82) is 0 Å². The van der Waals surface area contributed by atoms with Gasteiger partial charge in [-0.25, -0.2) is 4.57 Å². The van der Waals surface area contributed by atoms with E-state index in [1.807, 2.05) is 38.4 Å². The van der Waals surface area contributed by atoms with E-state index in [0.717, 1.165) is 51.9 Å². The molecule has 2 aromatic carbocycles. The minimum Gasteiger partial charge on any atom is -0.415 e. The van der Waals surface area contributed by atoms with Crippen LogP contribution in [0.4, 0.5) is 5.69 Å². The van der Waals surface area contributed by atoms with Gasteiger partial charge in [0.25, 0.3) is 0 Å². The van der Waals surface area contributed by atoms with Crippen molar-refractivity contribution in [3.63, 3.8) is 0 Å². The number of fused-ring (bicyclic) bond motifs is 2. The van der Waals surface area contributed by atoms with Crippen LogP contribution < -0.4 is 13.9 Å². The zero-order chi connectivity index (χ0) is 23.6. The van der Waals surface area contributed by atoms with Gasteiger partial charge in [0.15, 0.2) is 0 Å². The Labute approximate surface area is 197 Å². The SMILES string of the molecule is CCCCP1(=O)Oc2c(C)cc(C)cc2CN(c2ccncc2)Cc2cc(C)cc(C)c2O1. The summed E-state index contributed by atoms with van der Waals surface area (Å²) >= 11 is 0. The molecule has 0 saturated carbocycles. The molecule has 5 nitrogen and oxygen atoms in total. The van der Waals surface area contributed by atoms with E-state index >= 15 is 0 Å². The Balaban J connectivity index is 1.91. The van der Waals surface area contributed by atoms with E-state index in [2.05, 4.69) is 54.9 Å². The fourth-order valence-corrected chi connectivity index (χ4v) is 6.53. The fourth-order valence-electron chi connectivity index (χ4n) is 4.53. The van der Waals surface area contributed by atoms with Gasteiger partial charge in [-0.3, -0.25) is 4.98 Å². The summed E-state index contributed by atoms with van der Waals surface area (Å²) in [4.78, 5) is 6.49. The van der Waals surface area contributed by atoms with Crippen LogP contribution >= 0.6 is 7.60 Å². The van der Waals surface area contributed by atoms with Gasteiger partial charge in [0, 0.05) is 42.3 Å². The van der Waals surface area contributed by atoms with E-state index in [4.69, 9.17) is 9.05 Å². The van der Waals surface area contributed by atoms with Crippen LogP contribution in [0, 0.1) is 27.7 Å². The van der Waals surface area contributed by atoms with Gasteiger partial charge < -0.3 is 13.9 Å². The number of anilines is 1. The summed E-state index contributed by atoms with van der Waals surface area (Å²) in [5.74, 6) is 1.35. The Hall–Kier alpha value is -2.78. The standard InChI is InChI=1S/C27H33N2O3P/c1-6-7-12-33(30)31-26-21(4)13-19(2)15-23(26)17-29(25-8-10-28-11-9-25)18-24-16-20(3)14-22(5)27(24)32-33/h8-11,13-16H,6-7,12,17-18H2,1-5H3. The first-order valence-corrected chi connectivity index (χ1v) is 13.3. The van der Waals surface area contributed by atoms with Crippen molar-refractivity contribution in [1.82, 2.24) is 4.98 Å². The average molecular weight is 465 g/mol. The molecule has 174 valence electrons. The van der Waals surface area contributed by atoms with Crippen molar-refractivity contribution in [3.8, 4) is 11.5 Å². The zero-order valence-corrected chi connectivity index (χ0v) is 21.1. The zero-order valence-electron chi connectivity index (χ0n) is 20.2. The highest BCUT2D eigenvalue weighted by atomic mass is 31.2. The second kappa shape index (κ2) is 9.61. The molecule has 33 heavy (non-hydrogen) atoms. The molecule has 2 heterocycles. The van der Waals surface area contributed by atoms with Crippen LogP contribution in [0.1, 0.15) is 53.1 Å². The summed E-state index contributed by atoms with van der Waals surface area (Å²) in [7, 11) is -3.42. The molecular formula is C27H33N2O3P. The first kappa shape index (κ1) is 23.4. The fraction of sp³-hybridized carbons (Fsp3) is 0.370. The third-order valence-electron chi connectivity index (χ3n) is 5.99. The molecular weight excluding hydrogens is 431 g/mol. The highest BCUT2D eigenvalue weighted by molar-refractivity contribution is 7.54. The van der Waals surface area contributed by atoms with Crippen molar-refractivity contribution in [3.05, 3.63) is 82.2 Å². The van der Waals surface area contributed by atoms with Crippen molar-refractivity contribution in [2.75, 3.05) is 11.1 Å². The third kappa shape index (κ3) is 5.25. The quantitative estimate of drug-likeness (QED) is 0.380. The molecule has 0 radical (unpaired) electrons. The average Bonchev–Trinajstić information content (AvgIpc) is 2.77. The summed E-state index contributed by atoms with van der Waals surface area (Å²) < 4.78 is 26.9. The maximum Gasteiger partial charge on any atom is 0.430 e. The molecule has 6 heteroatoms. The van der Waals surface area contributed by atoms with E-state index in [9.17, 15) is 4.57 Å². The Bertz CT molecular complexity index is 1130. The van der Waals surface area contributed by atoms with Crippen molar-refractivity contribution < 1.29 is 13.6 Å². The molecule has 0 spiro atoms. The lowest BCUT2D eigenvalue weighted by molar-refractivity contribution is 0.376. The lowest BCUT2D eigenvalue weighted by atomic mass is 10.0. The summed E-state index contributed by atoms with van der Waals surface area (Å²) in [5.41, 5.74) is 7.34. The second-order valence-corrected chi connectivity index (χ2v) is 11.1. The number of aryl methyl sites for hydroxylation is 4. The van der Waals surface area contributed by atoms with E-state index in [-0.39, 0.29) is 0 Å². The largest absolute Gasteiger partial charge is 0.430 e. The van der Waals surface area contributed by atoms with Crippen LogP contribution in [0.2, 0.25) is 0 Å². The smallest absolute Gasteiger partial charge is 0.415 e. The molecule has 0 fully saturated rings. The summed E-state index contributed by atoms with van der Waals surface area (Å²) in [6.07, 6.45) is 5.71. The Morgan fingerprint density at radius 1 is 0.879 bits per heavy atom. The van der Waals surface area contributed by atoms with Crippen LogP contribution in [0.25, 0.3) is 0 Å². The number of nitrogens with zero attached hydrogens (tertiary/aromatic N) is 2. The Kier molecular flexibility index (Phi) is 6.81. The molecule has 0 bridgehead atoms. The van der Waals surface area contributed by atoms with Gasteiger partial charge in [-0.15, -0.1) is 0 Å². The third-order valence-corrected chi connectivity index (χ3v) is 7.77. The van der Waals surface area contributed by atoms with Crippen molar-refractivity contribution in [2.45, 2.75) is 60.5 Å². The number of hydrogen-bond donors (Lipinski definition) is 0. The van der Waals surface area contributed by atoms with Crippen LogP contribution in [0.3, 0.4) is 0 Å². The van der Waals surface area contributed by atoms with Crippen LogP contribution in [0.5, 0.6) is 11.5 Å². The summed E-state index contributed by atoms with van der Waals surface area (Å²) in [6.45, 7) is 11.5. The molecule has 4 rings (SSSR count). The van der Waals surface area contributed by atoms with Crippen molar-refractivity contribution >= 4 is 13.3 Å². The molecule has 0 N–H and O–H groups in total. The predicted octanol–water partition coefficient (Wildman–Crippen LogP) is 7.29. The normalized spacial score (nSPS) is 15.1. The van der Waals surface area contributed by atoms with Gasteiger partial charge in [-0.2, -0.15) is 0 Å². The molecule has 0 unspecified atom stereocenters. The molecule has 3 aromatic rings. The Morgan fingerprint density at radius 3 is 1.88 bits per heavy atom. The highest BCUT2D eigenvalue weighted by Crippen LogP contribution is 2.53. The highest BCUT2D eigenvalue weighted by Gasteiger charge is 2.32. The van der Waals surface area contributed by atoms with E-state index in [1.54, 1.807) is 0 Å². The molecule has 1 aromatic heterocycles. The van der Waals surface area contributed by atoms with Gasteiger partial charge in [-0.1, -0.05) is 48.7 Å². The minimum absolute atomic E-state index is 0.386. The molecule has 1 aliphatic heterocycles. The lowest BCUT2D eigenvalue weighted by Gasteiger charge is -2.32. The summed E-state index contributed by atoms with van der Waals surface area (Å²) in [5, 5.41) is 0. The number of pyridine rings is 1. The van der Waals surface area contributed by atoms with Crippen LogP contribution in [0.15, 0.2) is 48.8 Å². The molecule has 0 amide bonds. The van der Waals surface area contributed by atoms with Crippen molar-refractivity contribution in [2.24, 2.45) is 0 Å². The van der Waals surface area contributed by atoms with Crippen LogP contribution in [-0.2, 0) is 17.7 Å². The van der Waals surface area contributed by atoms with Gasteiger partial charge >= 0.3 is 7.60 Å². The first-order valence-electron chi connectivity index (χ1n) is 11.6. The first-order chi connectivity index (χ1) is 15.8. The maximum atomic E-state index is 14.1. The lowest BCUT2D eigenvalue weighted by Crippen LogP contribution is -2.24. The minimum atomic E-state index is -3.42. The molecule has 1 aliphatic rings. The molecule has 0 aliphatic carbocycles. The number of unbranched alkanes of at least 4 members (excludes halogenated alkanes) is 1. The van der Waals surface area contributed by atoms with Gasteiger partial charge in [0.1, 0.15) is 11.5 Å². The van der Waals surface area contributed by atoms with Gasteiger partial charge in [-0.05, 0) is 57.4 Å². The Morgan fingerprint density at radius 2 is 1.39 bits per heavy atom.